The van der Waals surface area contributed by atoms with Crippen LogP contribution in [0.2, 0.25) is 0 Å². The number of hydrogen-bond acceptors (Lipinski definition) is 8. The van der Waals surface area contributed by atoms with E-state index in [2.05, 4.69) is 14.9 Å². The molecule has 2 heterocycles. The molecule has 2 aromatic rings. The second kappa shape index (κ2) is 13.3. The maximum Gasteiger partial charge on any atom is 0.248 e. The summed E-state index contributed by atoms with van der Waals surface area (Å²) in [5.41, 5.74) is 0.582. The number of benzene rings is 2. The summed E-state index contributed by atoms with van der Waals surface area (Å²) in [7, 11) is -1.92. The summed E-state index contributed by atoms with van der Waals surface area (Å²) in [5.74, 6) is 1.20. The van der Waals surface area contributed by atoms with E-state index < -0.39 is 27.7 Å². The number of sulfonamides is 1. The van der Waals surface area contributed by atoms with Crippen molar-refractivity contribution < 1.29 is 32.6 Å². The van der Waals surface area contributed by atoms with Crippen LogP contribution in [-0.4, -0.2) is 85.8 Å². The van der Waals surface area contributed by atoms with Crippen molar-refractivity contribution in [3.8, 4) is 17.2 Å². The highest BCUT2D eigenvalue weighted by atomic mass is 32.2. The third kappa shape index (κ3) is 6.97. The molecular formula is C32H44N4O7S. The first-order chi connectivity index (χ1) is 21.0. The van der Waals surface area contributed by atoms with E-state index in [9.17, 15) is 23.1 Å². The van der Waals surface area contributed by atoms with Gasteiger partial charge in [0.15, 0.2) is 11.5 Å². The van der Waals surface area contributed by atoms with Crippen LogP contribution in [-0.2, 0) is 26.2 Å². The fourth-order valence-corrected chi connectivity index (χ4v) is 7.49. The molecule has 3 aliphatic rings. The monoisotopic (exact) mass is 628 g/mol. The highest BCUT2D eigenvalue weighted by Gasteiger charge is 2.54. The van der Waals surface area contributed by atoms with Crippen LogP contribution in [0.5, 0.6) is 17.2 Å². The summed E-state index contributed by atoms with van der Waals surface area (Å²) >= 11 is 0. The Kier molecular flexibility index (Phi) is 9.71. The van der Waals surface area contributed by atoms with Gasteiger partial charge in [-0.15, -0.1) is 0 Å². The first-order valence-corrected chi connectivity index (χ1v) is 17.4. The Morgan fingerprint density at radius 3 is 2.34 bits per heavy atom. The summed E-state index contributed by atoms with van der Waals surface area (Å²) in [6.45, 7) is 4.36. The molecule has 12 heteroatoms. The number of aliphatic hydroxyl groups excluding tert-OH is 1. The minimum Gasteiger partial charge on any atom is -0.493 e. The molecule has 0 bridgehead atoms. The summed E-state index contributed by atoms with van der Waals surface area (Å²) < 4.78 is 36.9. The molecule has 3 N–H and O–H groups in total. The van der Waals surface area contributed by atoms with Gasteiger partial charge >= 0.3 is 0 Å². The predicted octanol–water partition coefficient (Wildman–Crippen LogP) is 3.48. The van der Waals surface area contributed by atoms with E-state index in [0.29, 0.717) is 62.0 Å². The van der Waals surface area contributed by atoms with Gasteiger partial charge in [-0.3, -0.25) is 19.2 Å². The Bertz CT molecular complexity index is 1430. The second-order valence-electron chi connectivity index (χ2n) is 12.2. The number of carbonyl (C=O) groups is 2. The number of anilines is 1. The van der Waals surface area contributed by atoms with Crippen LogP contribution >= 0.6 is 0 Å². The summed E-state index contributed by atoms with van der Waals surface area (Å²) in [5, 5.41) is 14.0. The molecule has 0 aromatic heterocycles. The zero-order chi connectivity index (χ0) is 31.5. The van der Waals surface area contributed by atoms with Gasteiger partial charge < -0.3 is 24.8 Å². The molecule has 240 valence electrons. The van der Waals surface area contributed by atoms with E-state index in [-0.39, 0.29) is 17.7 Å². The number of nitrogens with one attached hydrogen (secondary N) is 2. The summed E-state index contributed by atoms with van der Waals surface area (Å²) in [6, 6.07) is 11.7. The van der Waals surface area contributed by atoms with Crippen molar-refractivity contribution in [1.29, 1.82) is 0 Å². The van der Waals surface area contributed by atoms with Crippen molar-refractivity contribution >= 4 is 27.5 Å². The third-order valence-electron chi connectivity index (χ3n) is 9.26. The van der Waals surface area contributed by atoms with E-state index in [1.807, 2.05) is 31.2 Å². The van der Waals surface area contributed by atoms with Gasteiger partial charge in [-0.2, -0.15) is 0 Å². The van der Waals surface area contributed by atoms with Crippen LogP contribution in [0.3, 0.4) is 0 Å². The molecule has 1 spiro atoms. The number of nitrogens with zero attached hydrogens (tertiary/aromatic N) is 2. The smallest absolute Gasteiger partial charge is 0.248 e. The van der Waals surface area contributed by atoms with Gasteiger partial charge in [0.25, 0.3) is 0 Å². The quantitative estimate of drug-likeness (QED) is 0.364. The lowest BCUT2D eigenvalue weighted by molar-refractivity contribution is -0.165. The molecule has 0 unspecified atom stereocenters. The SMILES string of the molecule is CCN1C(=O)[C@@H]([C@H](O)C2CCCCC2)NC(=O)C12CCN(Cc1ccc(Oc3ccc(NS(C)(=O)=O)cc3OC)cc1)CC2. The number of aliphatic hydroxyl groups is 1. The van der Waals surface area contributed by atoms with Crippen LogP contribution in [0.25, 0.3) is 0 Å². The van der Waals surface area contributed by atoms with Crippen molar-refractivity contribution in [1.82, 2.24) is 15.1 Å². The van der Waals surface area contributed by atoms with Crippen molar-refractivity contribution in [2.24, 2.45) is 5.92 Å². The Hall–Kier alpha value is -3.35. The third-order valence-corrected chi connectivity index (χ3v) is 9.86. The van der Waals surface area contributed by atoms with E-state index in [1.54, 1.807) is 23.1 Å². The Morgan fingerprint density at radius 1 is 1.05 bits per heavy atom. The molecule has 0 radical (unpaired) electrons. The fourth-order valence-electron chi connectivity index (χ4n) is 6.93. The number of methoxy groups -OCH3 is 1. The average Bonchev–Trinajstić information content (AvgIpc) is 3.01. The van der Waals surface area contributed by atoms with Crippen LogP contribution in [0.15, 0.2) is 42.5 Å². The maximum absolute atomic E-state index is 13.6. The number of rotatable bonds is 10. The molecule has 5 rings (SSSR count). The molecule has 2 saturated heterocycles. The normalized spacial score (nSPS) is 22.0. The van der Waals surface area contributed by atoms with Gasteiger partial charge in [0.05, 0.1) is 25.2 Å². The molecule has 2 aliphatic heterocycles. The highest BCUT2D eigenvalue weighted by molar-refractivity contribution is 7.92. The largest absolute Gasteiger partial charge is 0.493 e. The van der Waals surface area contributed by atoms with Gasteiger partial charge in [0.1, 0.15) is 17.3 Å². The summed E-state index contributed by atoms with van der Waals surface area (Å²) in [6.07, 6.45) is 6.37. The number of amides is 2. The molecule has 2 aromatic carbocycles. The molecule has 2 amide bonds. The van der Waals surface area contributed by atoms with Crippen LogP contribution in [0, 0.1) is 5.92 Å². The zero-order valence-electron chi connectivity index (χ0n) is 25.8. The highest BCUT2D eigenvalue weighted by Crippen LogP contribution is 2.37. The topological polar surface area (TPSA) is 138 Å². The van der Waals surface area contributed by atoms with Crippen LogP contribution in [0.4, 0.5) is 5.69 Å². The number of hydrogen-bond donors (Lipinski definition) is 3. The lowest BCUT2D eigenvalue weighted by Crippen LogP contribution is -2.74. The van der Waals surface area contributed by atoms with Gasteiger partial charge in [-0.25, -0.2) is 8.42 Å². The number of likely N-dealkylation sites (tertiary alicyclic amines) is 1. The molecule has 1 aliphatic carbocycles. The minimum absolute atomic E-state index is 0.0520. The zero-order valence-corrected chi connectivity index (χ0v) is 26.6. The molecular weight excluding hydrogens is 584 g/mol. The van der Waals surface area contributed by atoms with Crippen LogP contribution < -0.4 is 19.5 Å². The molecule has 3 fully saturated rings. The van der Waals surface area contributed by atoms with E-state index in [0.717, 1.165) is 43.9 Å². The first kappa shape index (κ1) is 32.1. The number of carbonyl (C=O) groups excluding carboxylic acids is 2. The van der Waals surface area contributed by atoms with Gasteiger partial charge in [0.2, 0.25) is 21.8 Å². The van der Waals surface area contributed by atoms with Crippen LogP contribution in [0.1, 0.15) is 57.4 Å². The van der Waals surface area contributed by atoms with E-state index >= 15 is 0 Å². The number of likely N-dealkylation sites (N-methyl/N-ethyl adjacent to an activating group) is 1. The van der Waals surface area contributed by atoms with Crippen molar-refractivity contribution in [3.05, 3.63) is 48.0 Å². The number of piperidine rings is 1. The lowest BCUT2D eigenvalue weighted by Gasteiger charge is -2.52. The average molecular weight is 629 g/mol. The maximum atomic E-state index is 13.6. The number of ether oxygens (including phenoxy) is 2. The predicted molar refractivity (Wildman–Crippen MR) is 167 cm³/mol. The van der Waals surface area contributed by atoms with Gasteiger partial charge in [0, 0.05) is 32.2 Å². The van der Waals surface area contributed by atoms with Gasteiger partial charge in [-0.05, 0) is 68.4 Å². The van der Waals surface area contributed by atoms with Crippen molar-refractivity contribution in [2.45, 2.75) is 76.1 Å². The van der Waals surface area contributed by atoms with E-state index in [4.69, 9.17) is 9.47 Å². The molecule has 44 heavy (non-hydrogen) atoms. The Labute approximate surface area is 259 Å². The minimum atomic E-state index is -3.41. The van der Waals surface area contributed by atoms with Crippen molar-refractivity contribution in [3.63, 3.8) is 0 Å². The van der Waals surface area contributed by atoms with Gasteiger partial charge in [-0.1, -0.05) is 31.4 Å². The second-order valence-corrected chi connectivity index (χ2v) is 14.0. The Balaban J connectivity index is 1.18. The standard InChI is InChI=1S/C32H44N4O7S/c1-4-36-30(38)28(29(37)23-8-6-5-7-9-23)33-31(39)32(36)16-18-35(19-17-32)21-22-10-13-25(14-11-22)43-26-15-12-24(20-27(26)42-2)34-44(3,40)41/h10-15,20,23,28-29,34,37H,4-9,16-19,21H2,1-3H3,(H,33,39)/t28-,29-/m1/s1. The van der Waals surface area contributed by atoms with E-state index in [1.165, 1.54) is 7.11 Å². The first-order valence-electron chi connectivity index (χ1n) is 15.5. The lowest BCUT2D eigenvalue weighted by atomic mass is 9.78. The molecule has 2 atom stereocenters. The Morgan fingerprint density at radius 2 is 1.73 bits per heavy atom. The van der Waals surface area contributed by atoms with Crippen molar-refractivity contribution in [2.75, 3.05) is 37.7 Å². The molecule has 1 saturated carbocycles. The number of piperazine rings is 1. The molecule has 11 nitrogen and oxygen atoms in total. The summed E-state index contributed by atoms with van der Waals surface area (Å²) in [4.78, 5) is 31.2. The fraction of sp³-hybridized carbons (Fsp3) is 0.562.